The minimum absolute atomic E-state index is 0.0474. The van der Waals surface area contributed by atoms with Crippen LogP contribution in [0.5, 0.6) is 0 Å². The highest BCUT2D eigenvalue weighted by atomic mass is 16.5. The van der Waals surface area contributed by atoms with E-state index in [9.17, 15) is 4.79 Å². The van der Waals surface area contributed by atoms with Crippen molar-refractivity contribution in [3.8, 4) is 0 Å². The number of amides is 1. The first-order valence-electron chi connectivity index (χ1n) is 9.40. The lowest BCUT2D eigenvalue weighted by Gasteiger charge is -2.37. The second-order valence-corrected chi connectivity index (χ2v) is 7.57. The molecule has 2 aromatic heterocycles. The Morgan fingerprint density at radius 3 is 2.85 bits per heavy atom. The van der Waals surface area contributed by atoms with Crippen LogP contribution >= 0.6 is 0 Å². The van der Waals surface area contributed by atoms with Crippen LogP contribution in [0.25, 0.3) is 0 Å². The molecule has 0 bridgehead atoms. The van der Waals surface area contributed by atoms with E-state index in [-0.39, 0.29) is 5.91 Å². The fourth-order valence-electron chi connectivity index (χ4n) is 3.41. The van der Waals surface area contributed by atoms with E-state index in [4.69, 9.17) is 4.74 Å². The number of ether oxygens (including phenoxy) is 1. The molecule has 0 saturated carbocycles. The average Bonchev–Trinajstić information content (AvgIpc) is 2.69. The van der Waals surface area contributed by atoms with Gasteiger partial charge in [0.15, 0.2) is 0 Å². The molecule has 0 aromatic carbocycles. The van der Waals surface area contributed by atoms with Gasteiger partial charge in [0.05, 0.1) is 0 Å². The summed E-state index contributed by atoms with van der Waals surface area (Å²) in [4.78, 5) is 23.5. The van der Waals surface area contributed by atoms with Crippen molar-refractivity contribution in [1.82, 2.24) is 14.9 Å². The van der Waals surface area contributed by atoms with E-state index >= 15 is 0 Å². The van der Waals surface area contributed by atoms with Crippen molar-refractivity contribution in [2.75, 3.05) is 25.5 Å². The monoisotopic (exact) mass is 368 g/mol. The third kappa shape index (κ3) is 4.45. The maximum absolute atomic E-state index is 12.7. The zero-order valence-corrected chi connectivity index (χ0v) is 16.5. The van der Waals surface area contributed by atoms with E-state index in [0.29, 0.717) is 12.5 Å². The van der Waals surface area contributed by atoms with Crippen LogP contribution in [0, 0.1) is 6.92 Å². The summed E-state index contributed by atoms with van der Waals surface area (Å²) in [6.45, 7) is 7.15. The van der Waals surface area contributed by atoms with Crippen molar-refractivity contribution in [1.29, 1.82) is 0 Å². The van der Waals surface area contributed by atoms with Crippen molar-refractivity contribution >= 4 is 17.5 Å². The summed E-state index contributed by atoms with van der Waals surface area (Å²) in [5.74, 6) is 1.93. The van der Waals surface area contributed by atoms with Crippen molar-refractivity contribution in [2.45, 2.75) is 45.1 Å². The number of pyridine rings is 2. The SMILES string of the molecule is COC(C)(C)C(=O)N1CCCC(c2ccnc(Nc3ncccc3C)c2)C1. The molecular weight excluding hydrogens is 340 g/mol. The smallest absolute Gasteiger partial charge is 0.254 e. The first kappa shape index (κ1) is 19.3. The normalized spacial score (nSPS) is 17.6. The highest BCUT2D eigenvalue weighted by molar-refractivity contribution is 5.84. The van der Waals surface area contributed by atoms with Crippen LogP contribution in [0.4, 0.5) is 11.6 Å². The minimum Gasteiger partial charge on any atom is -0.369 e. The van der Waals surface area contributed by atoms with Crippen LogP contribution < -0.4 is 5.32 Å². The maximum atomic E-state index is 12.7. The first-order valence-corrected chi connectivity index (χ1v) is 9.40. The van der Waals surface area contributed by atoms with E-state index in [2.05, 4.69) is 21.4 Å². The van der Waals surface area contributed by atoms with E-state index in [0.717, 1.165) is 36.6 Å². The van der Waals surface area contributed by atoms with Gasteiger partial charge in [-0.2, -0.15) is 0 Å². The molecule has 0 aliphatic carbocycles. The number of rotatable bonds is 5. The molecule has 1 unspecified atom stereocenters. The lowest BCUT2D eigenvalue weighted by molar-refractivity contribution is -0.152. The van der Waals surface area contributed by atoms with Gasteiger partial charge >= 0.3 is 0 Å². The molecule has 1 aliphatic rings. The Balaban J connectivity index is 1.74. The molecule has 6 nitrogen and oxygen atoms in total. The highest BCUT2D eigenvalue weighted by Gasteiger charge is 2.34. The number of methoxy groups -OCH3 is 1. The second-order valence-electron chi connectivity index (χ2n) is 7.57. The van der Waals surface area contributed by atoms with Crippen molar-refractivity contribution in [2.24, 2.45) is 0 Å². The number of nitrogens with one attached hydrogen (secondary N) is 1. The summed E-state index contributed by atoms with van der Waals surface area (Å²) in [6, 6.07) is 8.03. The molecule has 0 radical (unpaired) electrons. The predicted octanol–water partition coefficient (Wildman–Crippen LogP) is 3.66. The molecular formula is C21H28N4O2. The third-order valence-electron chi connectivity index (χ3n) is 5.25. The average molecular weight is 368 g/mol. The van der Waals surface area contributed by atoms with Gasteiger partial charge in [0.1, 0.15) is 17.2 Å². The van der Waals surface area contributed by atoms with Gasteiger partial charge in [-0.05, 0) is 62.9 Å². The summed E-state index contributed by atoms with van der Waals surface area (Å²) in [6.07, 6.45) is 5.63. The molecule has 1 fully saturated rings. The second kappa shape index (κ2) is 8.05. The number of hydrogen-bond acceptors (Lipinski definition) is 5. The van der Waals surface area contributed by atoms with Crippen molar-refractivity contribution in [3.63, 3.8) is 0 Å². The number of anilines is 2. The molecule has 3 rings (SSSR count). The van der Waals surface area contributed by atoms with Crippen LogP contribution in [-0.4, -0.2) is 46.6 Å². The molecule has 1 aliphatic heterocycles. The minimum atomic E-state index is -0.788. The van der Waals surface area contributed by atoms with Gasteiger partial charge in [-0.25, -0.2) is 9.97 Å². The molecule has 0 spiro atoms. The van der Waals surface area contributed by atoms with Gasteiger partial charge in [-0.15, -0.1) is 0 Å². The highest BCUT2D eigenvalue weighted by Crippen LogP contribution is 2.30. The Kier molecular flexibility index (Phi) is 5.75. The van der Waals surface area contributed by atoms with Gasteiger partial charge in [0, 0.05) is 38.5 Å². The number of carbonyl (C=O) groups excluding carboxylic acids is 1. The van der Waals surface area contributed by atoms with E-state index in [1.165, 1.54) is 5.56 Å². The molecule has 1 N–H and O–H groups in total. The number of likely N-dealkylation sites (tertiary alicyclic amines) is 1. The number of hydrogen-bond donors (Lipinski definition) is 1. The molecule has 1 saturated heterocycles. The molecule has 6 heteroatoms. The maximum Gasteiger partial charge on any atom is 0.254 e. The van der Waals surface area contributed by atoms with Crippen LogP contribution in [-0.2, 0) is 9.53 Å². The summed E-state index contributed by atoms with van der Waals surface area (Å²) in [5.41, 5.74) is 1.47. The van der Waals surface area contributed by atoms with E-state index < -0.39 is 5.60 Å². The van der Waals surface area contributed by atoms with Gasteiger partial charge in [0.25, 0.3) is 5.91 Å². The molecule has 1 atom stereocenters. The molecule has 3 heterocycles. The Morgan fingerprint density at radius 2 is 2.11 bits per heavy atom. The lowest BCUT2D eigenvalue weighted by Crippen LogP contribution is -2.49. The standard InChI is InChI=1S/C21H28N4O2/c1-15-7-5-10-23-19(15)24-18-13-16(9-11-22-18)17-8-6-12-25(14-17)20(26)21(2,3)27-4/h5,7,9-11,13,17H,6,8,12,14H2,1-4H3,(H,22,23,24). The summed E-state index contributed by atoms with van der Waals surface area (Å²) in [7, 11) is 1.58. The summed E-state index contributed by atoms with van der Waals surface area (Å²) >= 11 is 0. The van der Waals surface area contributed by atoms with Gasteiger partial charge in [-0.3, -0.25) is 4.79 Å². The van der Waals surface area contributed by atoms with Gasteiger partial charge in [-0.1, -0.05) is 6.07 Å². The number of nitrogens with zero attached hydrogens (tertiary/aromatic N) is 3. The number of aryl methyl sites for hydroxylation is 1. The third-order valence-corrected chi connectivity index (χ3v) is 5.25. The van der Waals surface area contributed by atoms with Gasteiger partial charge < -0.3 is 15.0 Å². The zero-order valence-electron chi connectivity index (χ0n) is 16.5. The largest absolute Gasteiger partial charge is 0.369 e. The number of aromatic nitrogens is 2. The molecule has 27 heavy (non-hydrogen) atoms. The number of carbonyl (C=O) groups is 1. The number of piperidine rings is 1. The van der Waals surface area contributed by atoms with Crippen molar-refractivity contribution < 1.29 is 9.53 Å². The fraction of sp³-hybridized carbons (Fsp3) is 0.476. The van der Waals surface area contributed by atoms with Crippen LogP contribution in [0.3, 0.4) is 0 Å². The van der Waals surface area contributed by atoms with Crippen LogP contribution in [0.2, 0.25) is 0 Å². The van der Waals surface area contributed by atoms with Crippen molar-refractivity contribution in [3.05, 3.63) is 47.8 Å². The fourth-order valence-corrected chi connectivity index (χ4v) is 3.41. The quantitative estimate of drug-likeness (QED) is 0.872. The zero-order chi connectivity index (χ0) is 19.4. The first-order chi connectivity index (χ1) is 12.9. The molecule has 1 amide bonds. The lowest BCUT2D eigenvalue weighted by atomic mass is 9.90. The van der Waals surface area contributed by atoms with E-state index in [1.54, 1.807) is 13.3 Å². The summed E-state index contributed by atoms with van der Waals surface area (Å²) < 4.78 is 5.37. The topological polar surface area (TPSA) is 67.3 Å². The van der Waals surface area contributed by atoms with Gasteiger partial charge in [0.2, 0.25) is 0 Å². The summed E-state index contributed by atoms with van der Waals surface area (Å²) in [5, 5.41) is 3.30. The Morgan fingerprint density at radius 1 is 1.30 bits per heavy atom. The Hall–Kier alpha value is -2.47. The Labute approximate surface area is 161 Å². The van der Waals surface area contributed by atoms with Crippen LogP contribution in [0.1, 0.15) is 43.7 Å². The van der Waals surface area contributed by atoms with E-state index in [1.807, 2.05) is 50.1 Å². The molecule has 144 valence electrons. The Bertz CT molecular complexity index is 806. The predicted molar refractivity (Wildman–Crippen MR) is 106 cm³/mol. The molecule has 2 aromatic rings. The van der Waals surface area contributed by atoms with Crippen LogP contribution in [0.15, 0.2) is 36.7 Å².